The highest BCUT2D eigenvalue weighted by Crippen LogP contribution is 2.51. The van der Waals surface area contributed by atoms with E-state index < -0.39 is 11.9 Å². The molecule has 15 heavy (non-hydrogen) atoms. The van der Waals surface area contributed by atoms with E-state index in [1.807, 2.05) is 20.8 Å². The highest BCUT2D eigenvalue weighted by Gasteiger charge is 2.50. The van der Waals surface area contributed by atoms with Crippen LogP contribution in [0.4, 0.5) is 0 Å². The number of hydrogen-bond acceptors (Lipinski definition) is 2. The van der Waals surface area contributed by atoms with E-state index in [1.54, 1.807) is 0 Å². The lowest BCUT2D eigenvalue weighted by atomic mass is 10.1. The van der Waals surface area contributed by atoms with Crippen molar-refractivity contribution in [2.24, 2.45) is 17.3 Å². The van der Waals surface area contributed by atoms with E-state index in [9.17, 15) is 9.59 Å². The van der Waals surface area contributed by atoms with Crippen molar-refractivity contribution in [3.8, 4) is 0 Å². The topological polar surface area (TPSA) is 66.4 Å². The van der Waals surface area contributed by atoms with Crippen LogP contribution in [0, 0.1) is 17.3 Å². The van der Waals surface area contributed by atoms with Gasteiger partial charge < -0.3 is 10.4 Å². The molecule has 2 N–H and O–H groups in total. The number of aliphatic carboxylic acids is 1. The quantitative estimate of drug-likeness (QED) is 0.722. The number of carbonyl (C=O) groups is 2. The van der Waals surface area contributed by atoms with Gasteiger partial charge in [0.15, 0.2) is 0 Å². The first kappa shape index (κ1) is 12.0. The maximum absolute atomic E-state index is 11.6. The van der Waals surface area contributed by atoms with Crippen molar-refractivity contribution in [1.29, 1.82) is 0 Å². The van der Waals surface area contributed by atoms with Gasteiger partial charge in [0.2, 0.25) is 5.91 Å². The summed E-state index contributed by atoms with van der Waals surface area (Å²) in [6.07, 6.45) is 1.45. The van der Waals surface area contributed by atoms with Gasteiger partial charge in [-0.25, -0.2) is 0 Å². The fourth-order valence-electron chi connectivity index (χ4n) is 1.67. The Bertz CT molecular complexity index is 273. The normalized spacial score (nSPS) is 24.3. The summed E-state index contributed by atoms with van der Waals surface area (Å²) in [6, 6.07) is 0. The number of carboxylic acids is 1. The van der Waals surface area contributed by atoms with Crippen molar-refractivity contribution in [3.63, 3.8) is 0 Å². The molecular weight excluding hydrogens is 194 g/mol. The van der Waals surface area contributed by atoms with Crippen molar-refractivity contribution in [1.82, 2.24) is 5.32 Å². The van der Waals surface area contributed by atoms with Crippen LogP contribution in [0.1, 0.15) is 33.6 Å². The van der Waals surface area contributed by atoms with Gasteiger partial charge >= 0.3 is 5.97 Å². The monoisotopic (exact) mass is 213 g/mol. The zero-order valence-electron chi connectivity index (χ0n) is 9.54. The summed E-state index contributed by atoms with van der Waals surface area (Å²) in [6.45, 7) is 6.15. The van der Waals surface area contributed by atoms with Crippen LogP contribution in [-0.4, -0.2) is 23.5 Å². The molecule has 0 aromatic heterocycles. The molecular formula is C11H19NO3. The van der Waals surface area contributed by atoms with Crippen LogP contribution in [0.25, 0.3) is 0 Å². The largest absolute Gasteiger partial charge is 0.481 e. The van der Waals surface area contributed by atoms with Crippen LogP contribution >= 0.6 is 0 Å². The summed E-state index contributed by atoms with van der Waals surface area (Å²) in [4.78, 5) is 22.3. The first-order valence-electron chi connectivity index (χ1n) is 5.39. The maximum Gasteiger partial charge on any atom is 0.308 e. The molecule has 4 nitrogen and oxygen atoms in total. The van der Waals surface area contributed by atoms with Crippen molar-refractivity contribution in [2.75, 3.05) is 6.54 Å². The molecule has 0 spiro atoms. The molecule has 86 valence electrons. The number of carboxylic acid groups (broad SMARTS) is 1. The fourth-order valence-corrected chi connectivity index (χ4v) is 1.67. The Balaban J connectivity index is 2.31. The van der Waals surface area contributed by atoms with Crippen LogP contribution in [0.15, 0.2) is 0 Å². The van der Waals surface area contributed by atoms with Gasteiger partial charge in [0, 0.05) is 12.5 Å². The van der Waals surface area contributed by atoms with Gasteiger partial charge in [-0.2, -0.15) is 0 Å². The van der Waals surface area contributed by atoms with Gasteiger partial charge in [-0.3, -0.25) is 9.59 Å². The smallest absolute Gasteiger partial charge is 0.308 e. The van der Waals surface area contributed by atoms with Crippen LogP contribution in [0.2, 0.25) is 0 Å². The summed E-state index contributed by atoms with van der Waals surface area (Å²) >= 11 is 0. The average Bonchev–Trinajstić information content (AvgIpc) is 2.75. The van der Waals surface area contributed by atoms with Gasteiger partial charge in [-0.1, -0.05) is 20.8 Å². The summed E-state index contributed by atoms with van der Waals surface area (Å²) in [5.74, 6) is -1.23. The molecule has 0 bridgehead atoms. The molecule has 0 saturated heterocycles. The summed E-state index contributed by atoms with van der Waals surface area (Å²) in [5, 5.41) is 11.5. The minimum absolute atomic E-state index is 0.000278. The molecule has 0 radical (unpaired) electrons. The lowest BCUT2D eigenvalue weighted by Crippen LogP contribution is -2.34. The first-order valence-corrected chi connectivity index (χ1v) is 5.39. The third-order valence-corrected chi connectivity index (χ3v) is 3.19. The predicted octanol–water partition coefficient (Wildman–Crippen LogP) is 1.26. The van der Waals surface area contributed by atoms with Gasteiger partial charge in [0.25, 0.3) is 0 Å². The van der Waals surface area contributed by atoms with E-state index in [-0.39, 0.29) is 23.8 Å². The second-order valence-electron chi connectivity index (χ2n) is 4.93. The highest BCUT2D eigenvalue weighted by atomic mass is 16.4. The minimum Gasteiger partial charge on any atom is -0.481 e. The molecule has 1 fully saturated rings. The van der Waals surface area contributed by atoms with E-state index >= 15 is 0 Å². The Labute approximate surface area is 90.0 Å². The molecule has 1 aliphatic rings. The molecule has 0 aromatic carbocycles. The molecule has 2 unspecified atom stereocenters. The van der Waals surface area contributed by atoms with Crippen molar-refractivity contribution in [2.45, 2.75) is 33.6 Å². The van der Waals surface area contributed by atoms with Gasteiger partial charge in [0.1, 0.15) is 0 Å². The van der Waals surface area contributed by atoms with Gasteiger partial charge in [-0.15, -0.1) is 0 Å². The Morgan fingerprint density at radius 1 is 1.53 bits per heavy atom. The van der Waals surface area contributed by atoms with Crippen molar-refractivity contribution in [3.05, 3.63) is 0 Å². The second-order valence-corrected chi connectivity index (χ2v) is 4.93. The molecule has 0 aliphatic heterocycles. The zero-order valence-corrected chi connectivity index (χ0v) is 9.54. The van der Waals surface area contributed by atoms with E-state index in [1.165, 1.54) is 0 Å². The van der Waals surface area contributed by atoms with Crippen LogP contribution < -0.4 is 5.32 Å². The zero-order chi connectivity index (χ0) is 11.6. The number of nitrogens with one attached hydrogen (secondary N) is 1. The maximum atomic E-state index is 11.6. The molecule has 1 saturated carbocycles. The Hall–Kier alpha value is -1.06. The SMILES string of the molecule is CCC(CNC(=O)C1CC1(C)C)C(=O)O. The molecule has 1 amide bonds. The Morgan fingerprint density at radius 2 is 2.07 bits per heavy atom. The van der Waals surface area contributed by atoms with E-state index in [0.29, 0.717) is 6.42 Å². The summed E-state index contributed by atoms with van der Waals surface area (Å²) < 4.78 is 0. The first-order chi connectivity index (χ1) is 6.88. The standard InChI is InChI=1S/C11H19NO3/c1-4-7(10(14)15)6-12-9(13)8-5-11(8,2)3/h7-8H,4-6H2,1-3H3,(H,12,13)(H,14,15). The number of amides is 1. The van der Waals surface area contributed by atoms with Crippen LogP contribution in [-0.2, 0) is 9.59 Å². The third-order valence-electron chi connectivity index (χ3n) is 3.19. The average molecular weight is 213 g/mol. The summed E-state index contributed by atoms with van der Waals surface area (Å²) in [7, 11) is 0. The molecule has 2 atom stereocenters. The molecule has 1 rings (SSSR count). The summed E-state index contributed by atoms with van der Waals surface area (Å²) in [5.41, 5.74) is 0.106. The number of hydrogen-bond donors (Lipinski definition) is 2. The predicted molar refractivity (Wildman–Crippen MR) is 56.3 cm³/mol. The van der Waals surface area contributed by atoms with Crippen LogP contribution in [0.3, 0.4) is 0 Å². The van der Waals surface area contributed by atoms with E-state index in [0.717, 1.165) is 6.42 Å². The Kier molecular flexibility index (Phi) is 3.37. The molecule has 1 aliphatic carbocycles. The van der Waals surface area contributed by atoms with Crippen molar-refractivity contribution >= 4 is 11.9 Å². The van der Waals surface area contributed by atoms with Crippen LogP contribution in [0.5, 0.6) is 0 Å². The molecule has 4 heteroatoms. The van der Waals surface area contributed by atoms with Crippen molar-refractivity contribution < 1.29 is 14.7 Å². The lowest BCUT2D eigenvalue weighted by molar-refractivity contribution is -0.141. The highest BCUT2D eigenvalue weighted by molar-refractivity contribution is 5.83. The molecule has 0 heterocycles. The Morgan fingerprint density at radius 3 is 2.40 bits per heavy atom. The van der Waals surface area contributed by atoms with E-state index in [2.05, 4.69) is 5.32 Å². The minimum atomic E-state index is -0.840. The second kappa shape index (κ2) is 4.21. The lowest BCUT2D eigenvalue weighted by Gasteiger charge is -2.11. The fraction of sp³-hybridized carbons (Fsp3) is 0.818. The van der Waals surface area contributed by atoms with E-state index in [4.69, 9.17) is 5.11 Å². The number of carbonyl (C=O) groups excluding carboxylic acids is 1. The number of rotatable bonds is 5. The van der Waals surface area contributed by atoms with Gasteiger partial charge in [-0.05, 0) is 18.3 Å². The van der Waals surface area contributed by atoms with Gasteiger partial charge in [0.05, 0.1) is 5.92 Å². The third kappa shape index (κ3) is 2.94. The molecule has 0 aromatic rings.